The van der Waals surface area contributed by atoms with Crippen LogP contribution >= 0.6 is 0 Å². The summed E-state index contributed by atoms with van der Waals surface area (Å²) < 4.78 is 38.5. The van der Waals surface area contributed by atoms with Crippen molar-refractivity contribution in [3.8, 4) is 11.5 Å². The van der Waals surface area contributed by atoms with E-state index < -0.39 is 10.0 Å². The second-order valence-corrected chi connectivity index (χ2v) is 8.70. The SMILES string of the molecule is CCOc1ccc(NC(=O)COc2cc(C)ccc2C)cc1S(=O)(=O)N(CC)CC. The number of carbonyl (C=O) groups excluding carboxylic acids is 1. The predicted octanol–water partition coefficient (Wildman–Crippen LogP) is 3.75. The summed E-state index contributed by atoms with van der Waals surface area (Å²) in [4.78, 5) is 12.4. The van der Waals surface area contributed by atoms with Crippen LogP contribution in [0.1, 0.15) is 31.9 Å². The van der Waals surface area contributed by atoms with E-state index >= 15 is 0 Å². The van der Waals surface area contributed by atoms with Gasteiger partial charge in [-0.2, -0.15) is 4.31 Å². The minimum Gasteiger partial charge on any atom is -0.492 e. The fourth-order valence-corrected chi connectivity index (χ4v) is 4.58. The van der Waals surface area contributed by atoms with Crippen LogP contribution < -0.4 is 14.8 Å². The Morgan fingerprint density at radius 2 is 1.67 bits per heavy atom. The molecule has 0 saturated carbocycles. The summed E-state index contributed by atoms with van der Waals surface area (Å²) in [5.74, 6) is 0.516. The van der Waals surface area contributed by atoms with E-state index in [4.69, 9.17) is 9.47 Å². The van der Waals surface area contributed by atoms with E-state index in [1.54, 1.807) is 32.9 Å². The molecule has 0 radical (unpaired) electrons. The summed E-state index contributed by atoms with van der Waals surface area (Å²) in [6.45, 7) is 10.0. The fourth-order valence-electron chi connectivity index (χ4n) is 2.97. The number of amides is 1. The summed E-state index contributed by atoms with van der Waals surface area (Å²) in [6.07, 6.45) is 0. The maximum atomic E-state index is 13.0. The van der Waals surface area contributed by atoms with E-state index in [2.05, 4.69) is 5.32 Å². The Balaban J connectivity index is 2.21. The molecule has 2 rings (SSSR count). The van der Waals surface area contributed by atoms with Crippen LogP contribution in [0.25, 0.3) is 0 Å². The Hall–Kier alpha value is -2.58. The molecular formula is C22H30N2O5S. The number of benzene rings is 2. The second kappa shape index (κ2) is 10.4. The van der Waals surface area contributed by atoms with Crippen molar-refractivity contribution in [1.29, 1.82) is 0 Å². The standard InChI is InChI=1S/C22H30N2O5S/c1-6-24(7-2)30(26,27)21-14-18(11-12-19(21)28-8-3)23-22(25)15-29-20-13-16(4)9-10-17(20)5/h9-14H,6-8,15H2,1-5H3,(H,23,25). The van der Waals surface area contributed by atoms with Gasteiger partial charge in [-0.15, -0.1) is 0 Å². The highest BCUT2D eigenvalue weighted by molar-refractivity contribution is 7.89. The number of ether oxygens (including phenoxy) is 2. The molecule has 7 nitrogen and oxygen atoms in total. The van der Waals surface area contributed by atoms with Crippen molar-refractivity contribution in [2.24, 2.45) is 0 Å². The van der Waals surface area contributed by atoms with E-state index in [1.165, 1.54) is 10.4 Å². The van der Waals surface area contributed by atoms with Gasteiger partial charge in [0.05, 0.1) is 6.61 Å². The van der Waals surface area contributed by atoms with Crippen LogP contribution in [0.15, 0.2) is 41.3 Å². The van der Waals surface area contributed by atoms with Crippen molar-refractivity contribution in [2.45, 2.75) is 39.5 Å². The lowest BCUT2D eigenvalue weighted by Gasteiger charge is -2.21. The van der Waals surface area contributed by atoms with E-state index in [1.807, 2.05) is 32.0 Å². The lowest BCUT2D eigenvalue weighted by molar-refractivity contribution is -0.118. The van der Waals surface area contributed by atoms with Crippen LogP contribution in [-0.2, 0) is 14.8 Å². The summed E-state index contributed by atoms with van der Waals surface area (Å²) in [5, 5.41) is 2.70. The van der Waals surface area contributed by atoms with Crippen molar-refractivity contribution >= 4 is 21.6 Å². The number of nitrogens with zero attached hydrogens (tertiary/aromatic N) is 1. The van der Waals surface area contributed by atoms with Crippen LogP contribution in [0.5, 0.6) is 11.5 Å². The van der Waals surface area contributed by atoms with Gasteiger partial charge in [0.1, 0.15) is 16.4 Å². The molecule has 0 bridgehead atoms. The predicted molar refractivity (Wildman–Crippen MR) is 118 cm³/mol. The summed E-state index contributed by atoms with van der Waals surface area (Å²) in [7, 11) is -3.75. The molecule has 8 heteroatoms. The molecule has 2 aromatic carbocycles. The van der Waals surface area contributed by atoms with E-state index in [-0.39, 0.29) is 23.2 Å². The highest BCUT2D eigenvalue weighted by Crippen LogP contribution is 2.30. The molecule has 0 aliphatic rings. The number of hydrogen-bond donors (Lipinski definition) is 1. The highest BCUT2D eigenvalue weighted by atomic mass is 32.2. The van der Waals surface area contributed by atoms with Crippen molar-refractivity contribution in [1.82, 2.24) is 4.31 Å². The van der Waals surface area contributed by atoms with Crippen LogP contribution in [0, 0.1) is 13.8 Å². The van der Waals surface area contributed by atoms with Crippen LogP contribution in [0.4, 0.5) is 5.69 Å². The van der Waals surface area contributed by atoms with Gasteiger partial charge in [0.2, 0.25) is 10.0 Å². The van der Waals surface area contributed by atoms with Gasteiger partial charge in [0.25, 0.3) is 5.91 Å². The second-order valence-electron chi connectivity index (χ2n) is 6.79. The summed E-state index contributed by atoms with van der Waals surface area (Å²) >= 11 is 0. The molecule has 2 aromatic rings. The summed E-state index contributed by atoms with van der Waals surface area (Å²) in [6, 6.07) is 10.4. The Morgan fingerprint density at radius 1 is 0.967 bits per heavy atom. The van der Waals surface area contributed by atoms with Crippen molar-refractivity contribution < 1.29 is 22.7 Å². The van der Waals surface area contributed by atoms with Gasteiger partial charge in [-0.25, -0.2) is 8.42 Å². The molecule has 0 atom stereocenters. The molecule has 164 valence electrons. The lowest BCUT2D eigenvalue weighted by atomic mass is 10.1. The Kier molecular flexibility index (Phi) is 8.25. The van der Waals surface area contributed by atoms with Crippen LogP contribution in [0.3, 0.4) is 0 Å². The minimum absolute atomic E-state index is 0.0290. The first-order valence-corrected chi connectivity index (χ1v) is 11.4. The van der Waals surface area contributed by atoms with Gasteiger partial charge in [-0.3, -0.25) is 4.79 Å². The maximum absolute atomic E-state index is 13.0. The Morgan fingerprint density at radius 3 is 2.30 bits per heavy atom. The van der Waals surface area contributed by atoms with Gasteiger partial charge in [-0.1, -0.05) is 26.0 Å². The molecule has 0 aromatic heterocycles. The van der Waals surface area contributed by atoms with Crippen molar-refractivity contribution in [2.75, 3.05) is 31.6 Å². The molecule has 0 spiro atoms. The third-order valence-electron chi connectivity index (χ3n) is 4.55. The van der Waals surface area contributed by atoms with E-state index in [9.17, 15) is 13.2 Å². The van der Waals surface area contributed by atoms with Crippen molar-refractivity contribution in [3.05, 3.63) is 47.5 Å². The van der Waals surface area contributed by atoms with Crippen LogP contribution in [0.2, 0.25) is 0 Å². The third kappa shape index (κ3) is 5.73. The fraction of sp³-hybridized carbons (Fsp3) is 0.409. The number of hydrogen-bond acceptors (Lipinski definition) is 5. The molecule has 0 aliphatic carbocycles. The topological polar surface area (TPSA) is 84.9 Å². The number of carbonyl (C=O) groups is 1. The first-order valence-electron chi connectivity index (χ1n) is 9.99. The third-order valence-corrected chi connectivity index (χ3v) is 6.62. The zero-order chi connectivity index (χ0) is 22.3. The molecule has 0 fully saturated rings. The van der Waals surface area contributed by atoms with Gasteiger partial charge < -0.3 is 14.8 Å². The molecule has 0 aliphatic heterocycles. The van der Waals surface area contributed by atoms with Gasteiger partial charge >= 0.3 is 0 Å². The van der Waals surface area contributed by atoms with Gasteiger partial charge in [-0.05, 0) is 56.2 Å². The maximum Gasteiger partial charge on any atom is 0.262 e. The number of rotatable bonds is 10. The van der Waals surface area contributed by atoms with Crippen LogP contribution in [-0.4, -0.2) is 44.9 Å². The molecule has 1 N–H and O–H groups in total. The largest absolute Gasteiger partial charge is 0.492 e. The minimum atomic E-state index is -3.75. The highest BCUT2D eigenvalue weighted by Gasteiger charge is 2.26. The number of nitrogens with one attached hydrogen (secondary N) is 1. The lowest BCUT2D eigenvalue weighted by Crippen LogP contribution is -2.31. The normalized spacial score (nSPS) is 11.4. The van der Waals surface area contributed by atoms with Crippen molar-refractivity contribution in [3.63, 3.8) is 0 Å². The number of sulfonamides is 1. The number of aryl methyl sites for hydroxylation is 2. The van der Waals surface area contributed by atoms with Gasteiger partial charge in [0.15, 0.2) is 6.61 Å². The Bertz CT molecular complexity index is 985. The zero-order valence-corrected chi connectivity index (χ0v) is 19.0. The van der Waals surface area contributed by atoms with E-state index in [0.29, 0.717) is 31.1 Å². The average molecular weight is 435 g/mol. The first-order chi connectivity index (χ1) is 14.2. The summed E-state index contributed by atoms with van der Waals surface area (Å²) in [5.41, 5.74) is 2.33. The quantitative estimate of drug-likeness (QED) is 0.616. The molecule has 30 heavy (non-hydrogen) atoms. The first kappa shape index (κ1) is 23.7. The smallest absolute Gasteiger partial charge is 0.262 e. The molecule has 0 heterocycles. The van der Waals surface area contributed by atoms with Gasteiger partial charge in [0, 0.05) is 18.8 Å². The zero-order valence-electron chi connectivity index (χ0n) is 18.2. The molecule has 0 unspecified atom stereocenters. The average Bonchev–Trinajstić information content (AvgIpc) is 2.70. The Labute approximate surface area is 179 Å². The number of anilines is 1. The molecular weight excluding hydrogens is 404 g/mol. The molecule has 1 amide bonds. The van der Waals surface area contributed by atoms with E-state index in [0.717, 1.165) is 11.1 Å². The monoisotopic (exact) mass is 434 g/mol. The molecule has 0 saturated heterocycles.